The summed E-state index contributed by atoms with van der Waals surface area (Å²) in [6.45, 7) is 8.24. The summed E-state index contributed by atoms with van der Waals surface area (Å²) in [6, 6.07) is 9.15. The molecule has 0 spiro atoms. The number of nitrogens with zero attached hydrogens (tertiary/aromatic N) is 1. The molecule has 0 bridgehead atoms. The van der Waals surface area contributed by atoms with Crippen LogP contribution < -0.4 is 15.1 Å². The van der Waals surface area contributed by atoms with Crippen molar-refractivity contribution in [2.24, 2.45) is 0 Å². The molecule has 0 N–H and O–H groups in total. The van der Waals surface area contributed by atoms with Gasteiger partial charge in [-0.2, -0.15) is 13.2 Å². The van der Waals surface area contributed by atoms with Gasteiger partial charge in [0.1, 0.15) is 5.75 Å². The second-order valence-corrected chi connectivity index (χ2v) is 8.59. The maximum Gasteiger partial charge on any atom is 0.494 e. The Morgan fingerprint density at radius 3 is 2.17 bits per heavy atom. The zero-order valence-electron chi connectivity index (χ0n) is 17.1. The van der Waals surface area contributed by atoms with Crippen molar-refractivity contribution in [2.75, 3.05) is 11.9 Å². The van der Waals surface area contributed by atoms with Crippen molar-refractivity contribution in [1.29, 1.82) is 0 Å². The normalized spacial score (nSPS) is 20.0. The fraction of sp³-hybridized carbons (Fsp3) is 0.429. The van der Waals surface area contributed by atoms with Crippen molar-refractivity contribution in [3.05, 3.63) is 47.5 Å². The van der Waals surface area contributed by atoms with Crippen molar-refractivity contribution >= 4 is 18.3 Å². The van der Waals surface area contributed by atoms with E-state index in [-0.39, 0.29) is 0 Å². The summed E-state index contributed by atoms with van der Waals surface area (Å²) >= 11 is 0. The molecule has 2 aliphatic rings. The third-order valence-electron chi connectivity index (χ3n) is 5.93. The van der Waals surface area contributed by atoms with E-state index in [1.165, 1.54) is 6.07 Å². The van der Waals surface area contributed by atoms with E-state index in [0.717, 1.165) is 23.3 Å². The Morgan fingerprint density at radius 1 is 0.931 bits per heavy atom. The second-order valence-electron chi connectivity index (χ2n) is 8.59. The van der Waals surface area contributed by atoms with Gasteiger partial charge < -0.3 is 18.9 Å². The van der Waals surface area contributed by atoms with Crippen LogP contribution in [0, 0.1) is 0 Å². The summed E-state index contributed by atoms with van der Waals surface area (Å²) in [6.07, 6.45) is -4.39. The summed E-state index contributed by atoms with van der Waals surface area (Å²) in [5, 5.41) is 0. The highest BCUT2D eigenvalue weighted by molar-refractivity contribution is 6.62. The molecule has 0 saturated carbocycles. The van der Waals surface area contributed by atoms with Crippen LogP contribution in [0.5, 0.6) is 11.5 Å². The highest BCUT2D eigenvalue weighted by atomic mass is 19.4. The van der Waals surface area contributed by atoms with E-state index >= 15 is 0 Å². The number of halogens is 3. The predicted molar refractivity (Wildman–Crippen MR) is 106 cm³/mol. The molecule has 1 saturated heterocycles. The first kappa shape index (κ1) is 20.1. The molecule has 29 heavy (non-hydrogen) atoms. The second kappa shape index (κ2) is 6.41. The molecule has 2 aromatic rings. The first-order valence-corrected chi connectivity index (χ1v) is 9.46. The number of alkyl halides is 3. The van der Waals surface area contributed by atoms with Gasteiger partial charge in [-0.15, -0.1) is 0 Å². The van der Waals surface area contributed by atoms with Crippen LogP contribution >= 0.6 is 0 Å². The Bertz CT molecular complexity index is 943. The standard InChI is InChI=1S/C21H23BF3NO3/c1-19(2)20(3,4)29-22(28-19)15-7-9-18-16(11-15)26(5)12-13-10-14(21(23,24)25)6-8-17(13)27-18/h6-11H,12H2,1-5H3. The number of benzene rings is 2. The van der Waals surface area contributed by atoms with Crippen LogP contribution in [0.15, 0.2) is 36.4 Å². The smallest absolute Gasteiger partial charge is 0.455 e. The van der Waals surface area contributed by atoms with Gasteiger partial charge in [0.25, 0.3) is 0 Å². The fourth-order valence-electron chi connectivity index (χ4n) is 3.48. The van der Waals surface area contributed by atoms with Crippen molar-refractivity contribution in [3.8, 4) is 11.5 Å². The number of anilines is 1. The third-order valence-corrected chi connectivity index (χ3v) is 5.93. The molecule has 4 nitrogen and oxygen atoms in total. The average Bonchev–Trinajstić information content (AvgIpc) is 2.74. The Kier molecular flexibility index (Phi) is 4.44. The van der Waals surface area contributed by atoms with Crippen LogP contribution in [-0.4, -0.2) is 25.4 Å². The number of ether oxygens (including phenoxy) is 1. The minimum Gasteiger partial charge on any atom is -0.455 e. The number of rotatable bonds is 1. The summed E-state index contributed by atoms with van der Waals surface area (Å²) < 4.78 is 57.4. The van der Waals surface area contributed by atoms with Gasteiger partial charge in [0, 0.05) is 19.2 Å². The largest absolute Gasteiger partial charge is 0.494 e. The van der Waals surface area contributed by atoms with Gasteiger partial charge in [-0.3, -0.25) is 0 Å². The molecule has 0 atom stereocenters. The molecule has 4 rings (SSSR count). The molecule has 2 heterocycles. The van der Waals surface area contributed by atoms with Gasteiger partial charge in [-0.1, -0.05) is 6.07 Å². The first-order chi connectivity index (χ1) is 13.4. The zero-order chi connectivity index (χ0) is 21.2. The van der Waals surface area contributed by atoms with E-state index in [1.807, 2.05) is 51.8 Å². The molecule has 0 radical (unpaired) electrons. The van der Waals surface area contributed by atoms with Gasteiger partial charge in [0.05, 0.1) is 22.5 Å². The fourth-order valence-corrected chi connectivity index (χ4v) is 3.48. The van der Waals surface area contributed by atoms with Crippen molar-refractivity contribution in [2.45, 2.75) is 51.6 Å². The van der Waals surface area contributed by atoms with E-state index in [2.05, 4.69) is 0 Å². The summed E-state index contributed by atoms with van der Waals surface area (Å²) in [5.74, 6) is 0.998. The minimum atomic E-state index is -4.39. The highest BCUT2D eigenvalue weighted by Gasteiger charge is 2.51. The van der Waals surface area contributed by atoms with Crippen LogP contribution in [0.3, 0.4) is 0 Å². The molecule has 0 unspecified atom stereocenters. The summed E-state index contributed by atoms with van der Waals surface area (Å²) in [7, 11) is 1.30. The van der Waals surface area contributed by atoms with E-state index in [9.17, 15) is 13.2 Å². The maximum absolute atomic E-state index is 13.1. The molecule has 0 aliphatic carbocycles. The average molecular weight is 405 g/mol. The molecule has 8 heteroatoms. The lowest BCUT2D eigenvalue weighted by atomic mass is 9.79. The van der Waals surface area contributed by atoms with Gasteiger partial charge in [0.2, 0.25) is 0 Å². The molecular weight excluding hydrogens is 382 g/mol. The van der Waals surface area contributed by atoms with Gasteiger partial charge in [0.15, 0.2) is 5.75 Å². The SMILES string of the molecule is CN1Cc2cc(C(F)(F)F)ccc2Oc2ccc(B3OC(C)(C)C(C)(C)O3)cc21. The van der Waals surface area contributed by atoms with E-state index in [4.69, 9.17) is 14.0 Å². The van der Waals surface area contributed by atoms with E-state index in [0.29, 0.717) is 23.6 Å². The molecule has 2 aromatic carbocycles. The Balaban J connectivity index is 1.67. The van der Waals surface area contributed by atoms with Gasteiger partial charge in [-0.05, 0) is 63.5 Å². The summed E-state index contributed by atoms with van der Waals surface area (Å²) in [4.78, 5) is 1.87. The number of hydrogen-bond acceptors (Lipinski definition) is 4. The number of hydrogen-bond donors (Lipinski definition) is 0. The topological polar surface area (TPSA) is 30.9 Å². The minimum absolute atomic E-state index is 0.291. The monoisotopic (exact) mass is 405 g/mol. The Hall–Kier alpha value is -2.19. The molecule has 2 aliphatic heterocycles. The van der Waals surface area contributed by atoms with E-state index < -0.39 is 30.1 Å². The molecule has 1 fully saturated rings. The lowest BCUT2D eigenvalue weighted by Crippen LogP contribution is -2.41. The lowest BCUT2D eigenvalue weighted by molar-refractivity contribution is -0.137. The molecule has 0 amide bonds. The van der Waals surface area contributed by atoms with Crippen LogP contribution in [0.2, 0.25) is 0 Å². The molecule has 0 aromatic heterocycles. The van der Waals surface area contributed by atoms with Crippen LogP contribution in [-0.2, 0) is 22.0 Å². The van der Waals surface area contributed by atoms with Crippen LogP contribution in [0.4, 0.5) is 18.9 Å². The third kappa shape index (κ3) is 3.49. The quantitative estimate of drug-likeness (QED) is 0.641. The van der Waals surface area contributed by atoms with Crippen molar-refractivity contribution in [1.82, 2.24) is 0 Å². The summed E-state index contributed by atoms with van der Waals surface area (Å²) in [5.41, 5.74) is 0.475. The van der Waals surface area contributed by atoms with Crippen molar-refractivity contribution < 1.29 is 27.2 Å². The zero-order valence-corrected chi connectivity index (χ0v) is 17.1. The Labute approximate surface area is 168 Å². The predicted octanol–water partition coefficient (Wildman–Crippen LogP) is 4.75. The highest BCUT2D eigenvalue weighted by Crippen LogP contribution is 2.41. The molecular formula is C21H23BF3NO3. The van der Waals surface area contributed by atoms with E-state index in [1.54, 1.807) is 6.07 Å². The molecule has 154 valence electrons. The van der Waals surface area contributed by atoms with Gasteiger partial charge >= 0.3 is 13.3 Å². The first-order valence-electron chi connectivity index (χ1n) is 9.46. The maximum atomic E-state index is 13.1. The lowest BCUT2D eigenvalue weighted by Gasteiger charge is -2.32. The van der Waals surface area contributed by atoms with Crippen molar-refractivity contribution in [3.63, 3.8) is 0 Å². The number of fused-ring (bicyclic) bond motifs is 2. The van der Waals surface area contributed by atoms with Gasteiger partial charge in [-0.25, -0.2) is 0 Å². The Morgan fingerprint density at radius 2 is 1.55 bits per heavy atom. The van der Waals surface area contributed by atoms with Crippen LogP contribution in [0.25, 0.3) is 0 Å². The van der Waals surface area contributed by atoms with Crippen LogP contribution in [0.1, 0.15) is 38.8 Å².